The normalized spacial score (nSPS) is 34.1. The molecule has 4 nitrogen and oxygen atoms in total. The maximum atomic E-state index is 6.84. The van der Waals surface area contributed by atoms with Crippen LogP contribution in [0.15, 0.2) is 0 Å². The summed E-state index contributed by atoms with van der Waals surface area (Å²) in [5.74, 6) is 3.66. The number of rotatable bonds is 10. The Hall–Kier alpha value is 0.0569. The highest BCUT2D eigenvalue weighted by molar-refractivity contribution is 6.53. The third kappa shape index (κ3) is 7.03. The van der Waals surface area contributed by atoms with Crippen molar-refractivity contribution in [3.05, 3.63) is 0 Å². The number of hydrogen-bond acceptors (Lipinski definition) is 4. The fourth-order valence-corrected chi connectivity index (χ4v) is 7.83. The van der Waals surface area contributed by atoms with E-state index >= 15 is 0 Å². The molecule has 5 heteroatoms. The molecule has 0 saturated heterocycles. The van der Waals surface area contributed by atoms with Gasteiger partial charge in [-0.05, 0) is 75.0 Å². The molecule has 2 aliphatic rings. The molecule has 0 aromatic rings. The molecular weight excluding hydrogens is 380 g/mol. The van der Waals surface area contributed by atoms with Gasteiger partial charge in [0.05, 0.1) is 12.2 Å². The lowest BCUT2D eigenvalue weighted by atomic mass is 9.75. The van der Waals surface area contributed by atoms with Crippen LogP contribution in [0.2, 0.25) is 0 Å². The van der Waals surface area contributed by atoms with E-state index in [2.05, 4.69) is 41.5 Å². The molecular formula is C24H48O4Si. The Morgan fingerprint density at radius 1 is 0.690 bits per heavy atom. The van der Waals surface area contributed by atoms with Crippen molar-refractivity contribution in [2.45, 2.75) is 106 Å². The van der Waals surface area contributed by atoms with Gasteiger partial charge in [-0.2, -0.15) is 0 Å². The molecule has 29 heavy (non-hydrogen) atoms. The van der Waals surface area contributed by atoms with E-state index in [9.17, 15) is 0 Å². The molecule has 2 saturated carbocycles. The maximum Gasteiger partial charge on any atom is 0.680 e. The zero-order valence-corrected chi connectivity index (χ0v) is 21.4. The first-order valence-electron chi connectivity index (χ1n) is 12.3. The summed E-state index contributed by atoms with van der Waals surface area (Å²) in [4.78, 5) is 0. The first-order chi connectivity index (χ1) is 13.7. The molecule has 0 aliphatic heterocycles. The molecule has 0 amide bonds. The van der Waals surface area contributed by atoms with E-state index in [0.29, 0.717) is 48.7 Å². The fourth-order valence-electron chi connectivity index (χ4n) is 5.43. The highest BCUT2D eigenvalue weighted by Crippen LogP contribution is 2.40. The van der Waals surface area contributed by atoms with E-state index in [1.165, 1.54) is 25.7 Å². The molecule has 0 aromatic carbocycles. The molecule has 0 aromatic heterocycles. The van der Waals surface area contributed by atoms with E-state index in [1.54, 1.807) is 0 Å². The van der Waals surface area contributed by atoms with Crippen molar-refractivity contribution in [2.75, 3.05) is 13.2 Å². The van der Waals surface area contributed by atoms with Crippen LogP contribution >= 0.6 is 0 Å². The third-order valence-electron chi connectivity index (χ3n) is 7.16. The SMILES string of the molecule is CCO[Si](OCC)(OC1CC(C)CCC1C(C)C)OC1CC(C)CCC1C(C)C. The van der Waals surface area contributed by atoms with Gasteiger partial charge in [-0.25, -0.2) is 0 Å². The minimum absolute atomic E-state index is 0.169. The van der Waals surface area contributed by atoms with Gasteiger partial charge in [-0.1, -0.05) is 54.4 Å². The zero-order valence-electron chi connectivity index (χ0n) is 20.4. The lowest BCUT2D eigenvalue weighted by Crippen LogP contribution is -2.57. The minimum Gasteiger partial charge on any atom is -0.351 e. The van der Waals surface area contributed by atoms with Crippen LogP contribution in [0.1, 0.15) is 93.9 Å². The quantitative estimate of drug-likeness (QED) is 0.375. The second kappa shape index (κ2) is 11.6. The Balaban J connectivity index is 2.26. The van der Waals surface area contributed by atoms with Crippen LogP contribution in [-0.2, 0) is 17.7 Å². The Labute approximate surface area is 181 Å². The van der Waals surface area contributed by atoms with E-state index < -0.39 is 9.05 Å². The Morgan fingerprint density at radius 3 is 1.38 bits per heavy atom. The minimum atomic E-state index is -3.20. The van der Waals surface area contributed by atoms with Gasteiger partial charge in [0, 0.05) is 13.2 Å². The second-order valence-corrected chi connectivity index (χ2v) is 12.4. The Bertz CT molecular complexity index is 428. The lowest BCUT2D eigenvalue weighted by molar-refractivity contribution is -0.116. The van der Waals surface area contributed by atoms with Crippen LogP contribution in [-0.4, -0.2) is 34.5 Å². The molecule has 172 valence electrons. The van der Waals surface area contributed by atoms with Crippen molar-refractivity contribution in [3.63, 3.8) is 0 Å². The van der Waals surface area contributed by atoms with Crippen LogP contribution in [0.4, 0.5) is 0 Å². The molecule has 0 heterocycles. The molecule has 0 N–H and O–H groups in total. The zero-order chi connectivity index (χ0) is 21.6. The van der Waals surface area contributed by atoms with Crippen LogP contribution < -0.4 is 0 Å². The van der Waals surface area contributed by atoms with Gasteiger partial charge in [0.2, 0.25) is 0 Å². The molecule has 0 bridgehead atoms. The molecule has 6 atom stereocenters. The van der Waals surface area contributed by atoms with Crippen molar-refractivity contribution < 1.29 is 17.7 Å². The van der Waals surface area contributed by atoms with Crippen molar-refractivity contribution in [3.8, 4) is 0 Å². The smallest absolute Gasteiger partial charge is 0.351 e. The topological polar surface area (TPSA) is 36.9 Å². The molecule has 2 rings (SSSR count). The summed E-state index contributed by atoms with van der Waals surface area (Å²) in [6.07, 6.45) is 7.52. The van der Waals surface area contributed by atoms with Crippen molar-refractivity contribution in [1.82, 2.24) is 0 Å². The Kier molecular flexibility index (Phi) is 10.1. The van der Waals surface area contributed by atoms with Crippen LogP contribution in [0.5, 0.6) is 0 Å². The van der Waals surface area contributed by atoms with Crippen molar-refractivity contribution in [1.29, 1.82) is 0 Å². The van der Waals surface area contributed by atoms with Crippen molar-refractivity contribution >= 4 is 9.05 Å². The first kappa shape index (κ1) is 25.3. The molecule has 6 unspecified atom stereocenters. The van der Waals surface area contributed by atoms with E-state index in [1.807, 2.05) is 13.8 Å². The van der Waals surface area contributed by atoms with Crippen LogP contribution in [0, 0.1) is 35.5 Å². The number of hydrogen-bond donors (Lipinski definition) is 0. The predicted molar refractivity (Wildman–Crippen MR) is 121 cm³/mol. The van der Waals surface area contributed by atoms with Gasteiger partial charge in [-0.15, -0.1) is 0 Å². The van der Waals surface area contributed by atoms with Crippen LogP contribution in [0.3, 0.4) is 0 Å². The highest BCUT2D eigenvalue weighted by Gasteiger charge is 2.52. The lowest BCUT2D eigenvalue weighted by Gasteiger charge is -2.44. The third-order valence-corrected chi connectivity index (χ3v) is 9.62. The van der Waals surface area contributed by atoms with Gasteiger partial charge in [-0.3, -0.25) is 0 Å². The summed E-state index contributed by atoms with van der Waals surface area (Å²) >= 11 is 0. The summed E-state index contributed by atoms with van der Waals surface area (Å²) in [7, 11) is -3.20. The second-order valence-electron chi connectivity index (χ2n) is 10.3. The molecule has 2 fully saturated rings. The van der Waals surface area contributed by atoms with E-state index in [4.69, 9.17) is 17.7 Å². The average Bonchev–Trinajstić information content (AvgIpc) is 2.61. The first-order valence-corrected chi connectivity index (χ1v) is 14.0. The fraction of sp³-hybridized carbons (Fsp3) is 1.00. The van der Waals surface area contributed by atoms with Gasteiger partial charge < -0.3 is 17.7 Å². The molecule has 2 aliphatic carbocycles. The molecule has 0 radical (unpaired) electrons. The van der Waals surface area contributed by atoms with Gasteiger partial charge >= 0.3 is 9.05 Å². The Morgan fingerprint density at radius 2 is 1.07 bits per heavy atom. The van der Waals surface area contributed by atoms with Crippen LogP contribution in [0.25, 0.3) is 0 Å². The standard InChI is InChI=1S/C24H48O4Si/c1-9-25-29(26-10-2,27-23-15-19(7)11-13-21(23)17(3)4)28-24-16-20(8)12-14-22(24)18(5)6/h17-24H,9-16H2,1-8H3. The summed E-state index contributed by atoms with van der Waals surface area (Å²) in [5.41, 5.74) is 0. The van der Waals surface area contributed by atoms with Crippen molar-refractivity contribution in [2.24, 2.45) is 35.5 Å². The monoisotopic (exact) mass is 428 g/mol. The maximum absolute atomic E-state index is 6.84. The molecule has 0 spiro atoms. The van der Waals surface area contributed by atoms with E-state index in [0.717, 1.165) is 12.8 Å². The largest absolute Gasteiger partial charge is 0.680 e. The van der Waals surface area contributed by atoms with Gasteiger partial charge in [0.25, 0.3) is 0 Å². The summed E-state index contributed by atoms with van der Waals surface area (Å²) in [5, 5.41) is 0. The average molecular weight is 429 g/mol. The van der Waals surface area contributed by atoms with Gasteiger partial charge in [0.15, 0.2) is 0 Å². The summed E-state index contributed by atoms with van der Waals surface area (Å²) in [6.45, 7) is 19.2. The summed E-state index contributed by atoms with van der Waals surface area (Å²) < 4.78 is 26.2. The summed E-state index contributed by atoms with van der Waals surface area (Å²) in [6, 6.07) is 0. The predicted octanol–water partition coefficient (Wildman–Crippen LogP) is 6.45. The highest BCUT2D eigenvalue weighted by atomic mass is 28.4. The van der Waals surface area contributed by atoms with Gasteiger partial charge in [0.1, 0.15) is 0 Å². The van der Waals surface area contributed by atoms with E-state index in [-0.39, 0.29) is 12.2 Å².